The van der Waals surface area contributed by atoms with Gasteiger partial charge in [0, 0.05) is 31.0 Å². The molecule has 2 atom stereocenters. The molecule has 2 unspecified atom stereocenters. The number of alkyl halides is 2. The fourth-order valence-corrected chi connectivity index (χ4v) is 3.91. The van der Waals surface area contributed by atoms with Crippen LogP contribution < -0.4 is 0 Å². The van der Waals surface area contributed by atoms with Crippen LogP contribution in [-0.2, 0) is 11.0 Å². The molecule has 10 heteroatoms. The van der Waals surface area contributed by atoms with Gasteiger partial charge in [0.1, 0.15) is 12.2 Å². The number of imidazole rings is 1. The van der Waals surface area contributed by atoms with Gasteiger partial charge in [0.2, 0.25) is 0 Å². The van der Waals surface area contributed by atoms with E-state index in [0.29, 0.717) is 17.2 Å². The molecular formula is C18H22F2N6OS. The summed E-state index contributed by atoms with van der Waals surface area (Å²) in [5, 5.41) is 7.14. The smallest absolute Gasteiger partial charge is 0.279 e. The molecule has 1 fully saturated rings. The lowest BCUT2D eigenvalue weighted by molar-refractivity contribution is 0.226. The molecule has 0 aromatic carbocycles. The maximum absolute atomic E-state index is 12.4. The van der Waals surface area contributed by atoms with Gasteiger partial charge in [0.25, 0.3) is 6.43 Å². The van der Waals surface area contributed by atoms with E-state index in [1.807, 2.05) is 10.4 Å². The maximum atomic E-state index is 12.4. The molecule has 2 aromatic rings. The Morgan fingerprint density at radius 1 is 1.36 bits per heavy atom. The van der Waals surface area contributed by atoms with Gasteiger partial charge in [-0.25, -0.2) is 32.2 Å². The highest BCUT2D eigenvalue weighted by Gasteiger charge is 2.21. The molecule has 3 heterocycles. The first kappa shape index (κ1) is 20.4. The Balaban J connectivity index is 1.73. The average molecular weight is 408 g/mol. The molecule has 0 bridgehead atoms. The fourth-order valence-electron chi connectivity index (χ4n) is 3.16. The van der Waals surface area contributed by atoms with Crippen LogP contribution in [0.5, 0.6) is 0 Å². The van der Waals surface area contributed by atoms with Crippen molar-refractivity contribution in [3.05, 3.63) is 36.2 Å². The van der Waals surface area contributed by atoms with Crippen LogP contribution in [0.1, 0.15) is 36.7 Å². The average Bonchev–Trinajstić information content (AvgIpc) is 3.01. The molecule has 0 radical (unpaired) electrons. The molecule has 0 amide bonds. The van der Waals surface area contributed by atoms with Crippen molar-refractivity contribution in [1.82, 2.24) is 24.2 Å². The summed E-state index contributed by atoms with van der Waals surface area (Å²) < 4.78 is 38.4. The first-order valence-electron chi connectivity index (χ1n) is 8.94. The fraction of sp³-hybridized carbons (Fsp3) is 0.444. The molecule has 7 nitrogen and oxygen atoms in total. The lowest BCUT2D eigenvalue weighted by Gasteiger charge is -2.16. The van der Waals surface area contributed by atoms with Gasteiger partial charge in [-0.1, -0.05) is 0 Å². The summed E-state index contributed by atoms with van der Waals surface area (Å²) in [7, 11) is -0.956. The Morgan fingerprint density at radius 3 is 2.93 bits per heavy atom. The third kappa shape index (κ3) is 5.14. The number of halogens is 2. The molecule has 1 aliphatic rings. The quantitative estimate of drug-likeness (QED) is 0.718. The number of allylic oxidation sites excluding steroid dienone is 1. The van der Waals surface area contributed by atoms with E-state index in [1.54, 1.807) is 12.5 Å². The lowest BCUT2D eigenvalue weighted by atomic mass is 9.96. The van der Waals surface area contributed by atoms with Crippen molar-refractivity contribution in [2.24, 2.45) is 0 Å². The van der Waals surface area contributed by atoms with Crippen molar-refractivity contribution in [3.63, 3.8) is 0 Å². The Kier molecular flexibility index (Phi) is 6.74. The summed E-state index contributed by atoms with van der Waals surface area (Å²) >= 11 is 0. The van der Waals surface area contributed by atoms with Crippen LogP contribution >= 0.6 is 0 Å². The van der Waals surface area contributed by atoms with Crippen LogP contribution in [0.15, 0.2) is 24.7 Å². The molecular weight excluding hydrogens is 386 g/mol. The molecule has 2 aromatic heterocycles. The standard InChI is InChI=1S/C18H22F2N6OS/c1-28(27)26-7-2-3-12(6-8-26)14-9-15(24-11-23-14)16-10-22-17(25-16)5-4-13(21)18(19)20/h4-5,9-12,18,21H,2-3,6-8H2,1H3,(H,22,25)/b5-4-,21-13?. The summed E-state index contributed by atoms with van der Waals surface area (Å²) in [5.41, 5.74) is 1.48. The van der Waals surface area contributed by atoms with Crippen LogP contribution in [0.2, 0.25) is 0 Å². The van der Waals surface area contributed by atoms with E-state index < -0.39 is 23.1 Å². The van der Waals surface area contributed by atoms with Crippen LogP contribution in [0.3, 0.4) is 0 Å². The van der Waals surface area contributed by atoms with E-state index in [0.717, 1.165) is 44.1 Å². The van der Waals surface area contributed by atoms with E-state index >= 15 is 0 Å². The predicted octanol–water partition coefficient (Wildman–Crippen LogP) is 3.03. The topological polar surface area (TPSA) is 98.6 Å². The second-order valence-electron chi connectivity index (χ2n) is 6.58. The van der Waals surface area contributed by atoms with E-state index in [1.165, 1.54) is 12.4 Å². The molecule has 3 rings (SSSR count). The van der Waals surface area contributed by atoms with Crippen LogP contribution in [0.25, 0.3) is 17.5 Å². The van der Waals surface area contributed by atoms with Crippen molar-refractivity contribution < 1.29 is 13.0 Å². The van der Waals surface area contributed by atoms with Gasteiger partial charge in [0.05, 0.1) is 34.3 Å². The van der Waals surface area contributed by atoms with E-state index in [9.17, 15) is 13.0 Å². The molecule has 0 aliphatic carbocycles. The minimum absolute atomic E-state index is 0.268. The highest BCUT2D eigenvalue weighted by atomic mass is 32.2. The highest BCUT2D eigenvalue weighted by Crippen LogP contribution is 2.28. The number of hydrogen-bond acceptors (Lipinski definition) is 5. The van der Waals surface area contributed by atoms with Crippen molar-refractivity contribution in [3.8, 4) is 11.4 Å². The van der Waals surface area contributed by atoms with Crippen molar-refractivity contribution >= 4 is 22.8 Å². The second-order valence-corrected chi connectivity index (χ2v) is 7.94. The van der Waals surface area contributed by atoms with E-state index in [2.05, 4.69) is 19.9 Å². The number of rotatable bonds is 6. The Hall–Kier alpha value is -2.33. The molecule has 0 spiro atoms. The van der Waals surface area contributed by atoms with Crippen LogP contribution in [0.4, 0.5) is 8.78 Å². The number of hydrogen-bond donors (Lipinski definition) is 2. The third-order valence-corrected chi connectivity index (χ3v) is 5.78. The van der Waals surface area contributed by atoms with Gasteiger partial charge in [0.15, 0.2) is 0 Å². The lowest BCUT2D eigenvalue weighted by Crippen LogP contribution is -2.26. The number of H-pyrrole nitrogens is 1. The zero-order chi connectivity index (χ0) is 20.1. The van der Waals surface area contributed by atoms with Crippen molar-refractivity contribution in [1.29, 1.82) is 5.41 Å². The molecule has 2 N–H and O–H groups in total. The summed E-state index contributed by atoms with van der Waals surface area (Å²) in [5.74, 6) is 0.639. The summed E-state index contributed by atoms with van der Waals surface area (Å²) in [4.78, 5) is 15.8. The molecule has 1 saturated heterocycles. The SMILES string of the molecule is CS(=O)N1CCCC(c2cc(-c3cnc(/C=C\C(=N)C(F)F)[nH]3)ncn2)CC1. The zero-order valence-corrected chi connectivity index (χ0v) is 16.3. The van der Waals surface area contributed by atoms with Gasteiger partial charge in [-0.05, 0) is 37.5 Å². The molecule has 150 valence electrons. The first-order valence-corrected chi connectivity index (χ1v) is 10.5. The zero-order valence-electron chi connectivity index (χ0n) is 15.4. The van der Waals surface area contributed by atoms with Crippen molar-refractivity contribution in [2.75, 3.05) is 19.3 Å². The van der Waals surface area contributed by atoms with Gasteiger partial charge >= 0.3 is 0 Å². The Morgan fingerprint density at radius 2 is 2.18 bits per heavy atom. The van der Waals surface area contributed by atoms with Crippen LogP contribution in [-0.4, -0.2) is 59.9 Å². The monoisotopic (exact) mass is 408 g/mol. The van der Waals surface area contributed by atoms with Crippen LogP contribution in [0, 0.1) is 5.41 Å². The Labute approximate surface area is 164 Å². The van der Waals surface area contributed by atoms with E-state index in [4.69, 9.17) is 5.41 Å². The van der Waals surface area contributed by atoms with Gasteiger partial charge in [-0.15, -0.1) is 0 Å². The minimum Gasteiger partial charge on any atom is -0.337 e. The number of aromatic nitrogens is 4. The summed E-state index contributed by atoms with van der Waals surface area (Å²) in [6.07, 6.45) is 7.14. The van der Waals surface area contributed by atoms with E-state index in [-0.39, 0.29) is 5.92 Å². The van der Waals surface area contributed by atoms with Crippen molar-refractivity contribution in [2.45, 2.75) is 31.6 Å². The predicted molar refractivity (Wildman–Crippen MR) is 105 cm³/mol. The number of aromatic amines is 1. The first-order chi connectivity index (χ1) is 13.4. The molecule has 28 heavy (non-hydrogen) atoms. The maximum Gasteiger partial charge on any atom is 0.279 e. The second kappa shape index (κ2) is 9.24. The van der Waals surface area contributed by atoms with Gasteiger partial charge < -0.3 is 4.98 Å². The normalized spacial score (nSPS) is 19.8. The number of nitrogens with one attached hydrogen (secondary N) is 2. The summed E-state index contributed by atoms with van der Waals surface area (Å²) in [6.45, 7) is 1.59. The molecule has 1 aliphatic heterocycles. The Bertz CT molecular complexity index is 884. The number of nitrogens with zero attached hydrogens (tertiary/aromatic N) is 4. The highest BCUT2D eigenvalue weighted by molar-refractivity contribution is 7.81. The largest absolute Gasteiger partial charge is 0.337 e. The van der Waals surface area contributed by atoms with Gasteiger partial charge in [-0.3, -0.25) is 5.41 Å². The minimum atomic E-state index is -2.81. The van der Waals surface area contributed by atoms with Gasteiger partial charge in [-0.2, -0.15) is 0 Å². The summed E-state index contributed by atoms with van der Waals surface area (Å²) in [6, 6.07) is 1.91. The molecule has 0 saturated carbocycles. The third-order valence-electron chi connectivity index (χ3n) is 4.68.